The van der Waals surface area contributed by atoms with Crippen LogP contribution in [-0.4, -0.2) is 46.7 Å². The Bertz CT molecular complexity index is 1300. The van der Waals surface area contributed by atoms with Gasteiger partial charge < -0.3 is 4.74 Å². The Morgan fingerprint density at radius 2 is 1.84 bits per heavy atom. The summed E-state index contributed by atoms with van der Waals surface area (Å²) in [5.74, 6) is -0.282. The summed E-state index contributed by atoms with van der Waals surface area (Å²) in [6.45, 7) is 3.63. The number of ether oxygens (including phenoxy) is 1. The van der Waals surface area contributed by atoms with E-state index in [0.717, 1.165) is 23.1 Å². The van der Waals surface area contributed by atoms with Crippen LogP contribution in [0.5, 0.6) is 5.75 Å². The number of carbonyl (C=O) groups excluding carboxylic acids is 1. The van der Waals surface area contributed by atoms with E-state index in [1.54, 1.807) is 12.1 Å². The second-order valence-corrected chi connectivity index (χ2v) is 10.1. The Hall–Kier alpha value is -3.24. The highest BCUT2D eigenvalue weighted by Gasteiger charge is 2.43. The van der Waals surface area contributed by atoms with Crippen LogP contribution in [0, 0.1) is 0 Å². The molecule has 0 aliphatic rings. The highest BCUT2D eigenvalue weighted by Crippen LogP contribution is 2.25. The van der Waals surface area contributed by atoms with Crippen molar-refractivity contribution in [2.75, 3.05) is 12.9 Å². The molecule has 0 bridgehead atoms. The van der Waals surface area contributed by atoms with Gasteiger partial charge in [-0.2, -0.15) is 0 Å². The van der Waals surface area contributed by atoms with E-state index in [0.29, 0.717) is 17.5 Å². The minimum absolute atomic E-state index is 0.0700. The molecule has 3 aromatic rings. The third kappa shape index (κ3) is 4.51. The molecular formula is C22H25N3O6S. The molecule has 3 rings (SSSR count). The summed E-state index contributed by atoms with van der Waals surface area (Å²) in [5, 5.41) is 9.31. The summed E-state index contributed by atoms with van der Waals surface area (Å²) < 4.78 is 29.1. The SMILES string of the molecule is CCOc1ccc(-c2ccc3c(=O)n(CCC(C)(C(=O)NO)S(C)(=O)=O)cnc3c2)cc1. The van der Waals surface area contributed by atoms with Gasteiger partial charge in [-0.3, -0.25) is 19.4 Å². The van der Waals surface area contributed by atoms with Crippen molar-refractivity contribution in [2.45, 2.75) is 31.6 Å². The maximum absolute atomic E-state index is 12.9. The second kappa shape index (κ2) is 9.09. The quantitative estimate of drug-likeness (QED) is 0.390. The van der Waals surface area contributed by atoms with Crippen molar-refractivity contribution in [3.63, 3.8) is 0 Å². The molecular weight excluding hydrogens is 434 g/mol. The van der Waals surface area contributed by atoms with E-state index in [1.165, 1.54) is 23.3 Å². The Morgan fingerprint density at radius 1 is 1.19 bits per heavy atom. The van der Waals surface area contributed by atoms with Gasteiger partial charge in [0.15, 0.2) is 14.6 Å². The molecule has 0 aliphatic carbocycles. The molecule has 2 N–H and O–H groups in total. The first-order valence-electron chi connectivity index (χ1n) is 9.97. The molecule has 1 aromatic heterocycles. The van der Waals surface area contributed by atoms with Crippen LogP contribution in [-0.2, 0) is 21.2 Å². The van der Waals surface area contributed by atoms with Crippen LogP contribution in [0.2, 0.25) is 0 Å². The Labute approximate surface area is 185 Å². The molecule has 170 valence electrons. The number of aromatic nitrogens is 2. The number of nitrogens with zero attached hydrogens (tertiary/aromatic N) is 2. The number of sulfone groups is 1. The lowest BCUT2D eigenvalue weighted by molar-refractivity contribution is -0.131. The fraction of sp³-hybridized carbons (Fsp3) is 0.318. The lowest BCUT2D eigenvalue weighted by Crippen LogP contribution is -2.50. The topological polar surface area (TPSA) is 128 Å². The lowest BCUT2D eigenvalue weighted by Gasteiger charge is -2.25. The molecule has 2 aromatic carbocycles. The highest BCUT2D eigenvalue weighted by atomic mass is 32.2. The largest absolute Gasteiger partial charge is 0.494 e. The predicted molar refractivity (Wildman–Crippen MR) is 120 cm³/mol. The van der Waals surface area contributed by atoms with E-state index in [9.17, 15) is 18.0 Å². The number of carbonyl (C=O) groups is 1. The number of hydroxylamine groups is 1. The van der Waals surface area contributed by atoms with Crippen molar-refractivity contribution in [1.29, 1.82) is 0 Å². The molecule has 0 aliphatic heterocycles. The molecule has 0 saturated carbocycles. The summed E-state index contributed by atoms with van der Waals surface area (Å²) in [6, 6.07) is 12.9. The smallest absolute Gasteiger partial charge is 0.264 e. The van der Waals surface area contributed by atoms with Gasteiger partial charge in [0.25, 0.3) is 11.5 Å². The van der Waals surface area contributed by atoms with Crippen LogP contribution >= 0.6 is 0 Å². The lowest BCUT2D eigenvalue weighted by atomic mass is 10.0. The van der Waals surface area contributed by atoms with E-state index in [1.807, 2.05) is 37.3 Å². The number of amides is 1. The summed E-state index contributed by atoms with van der Waals surface area (Å²) in [5.41, 5.74) is 3.37. The number of rotatable bonds is 8. The fourth-order valence-corrected chi connectivity index (χ4v) is 4.17. The zero-order valence-corrected chi connectivity index (χ0v) is 18.8. The van der Waals surface area contributed by atoms with E-state index in [-0.39, 0.29) is 18.5 Å². The van der Waals surface area contributed by atoms with Gasteiger partial charge >= 0.3 is 0 Å². The zero-order valence-electron chi connectivity index (χ0n) is 18.0. The Kier molecular flexibility index (Phi) is 6.65. The molecule has 1 amide bonds. The van der Waals surface area contributed by atoms with Crippen molar-refractivity contribution in [2.24, 2.45) is 0 Å². The van der Waals surface area contributed by atoms with E-state index in [4.69, 9.17) is 9.94 Å². The Morgan fingerprint density at radius 3 is 2.44 bits per heavy atom. The summed E-state index contributed by atoms with van der Waals surface area (Å²) in [7, 11) is -3.86. The minimum Gasteiger partial charge on any atom is -0.494 e. The van der Waals surface area contributed by atoms with Gasteiger partial charge in [-0.1, -0.05) is 18.2 Å². The molecule has 0 fully saturated rings. The van der Waals surface area contributed by atoms with Gasteiger partial charge in [0.05, 0.1) is 23.8 Å². The van der Waals surface area contributed by atoms with Crippen molar-refractivity contribution in [1.82, 2.24) is 15.0 Å². The van der Waals surface area contributed by atoms with E-state index in [2.05, 4.69) is 4.98 Å². The van der Waals surface area contributed by atoms with Gasteiger partial charge in [0.1, 0.15) is 5.75 Å². The van der Waals surface area contributed by atoms with Crippen LogP contribution < -0.4 is 15.8 Å². The number of hydrogen-bond donors (Lipinski definition) is 2. The second-order valence-electron chi connectivity index (χ2n) is 7.63. The van der Waals surface area contributed by atoms with Crippen molar-refractivity contribution >= 4 is 26.6 Å². The zero-order chi connectivity index (χ0) is 23.5. The fourth-order valence-electron chi connectivity index (χ4n) is 3.33. The van der Waals surface area contributed by atoms with E-state index < -0.39 is 20.5 Å². The van der Waals surface area contributed by atoms with E-state index >= 15 is 0 Å². The molecule has 32 heavy (non-hydrogen) atoms. The standard InChI is InChI=1S/C22H25N3O6S/c1-4-31-17-8-5-15(6-9-17)16-7-10-18-19(13-16)23-14-25(20(18)26)12-11-22(2,21(27)24-28)32(3,29)30/h5-10,13-14,28H,4,11-12H2,1-3H3,(H,24,27). The van der Waals surface area contributed by atoms with Crippen LogP contribution in [0.4, 0.5) is 0 Å². The number of benzene rings is 2. The van der Waals surface area contributed by atoms with Crippen molar-refractivity contribution in [3.8, 4) is 16.9 Å². The monoisotopic (exact) mass is 459 g/mol. The number of fused-ring (bicyclic) bond motifs is 1. The maximum Gasteiger partial charge on any atom is 0.264 e. The molecule has 1 unspecified atom stereocenters. The predicted octanol–water partition coefficient (Wildman–Crippen LogP) is 2.16. The highest BCUT2D eigenvalue weighted by molar-refractivity contribution is 7.92. The summed E-state index contributed by atoms with van der Waals surface area (Å²) in [6.07, 6.45) is 2.02. The normalized spacial score (nSPS) is 13.5. The summed E-state index contributed by atoms with van der Waals surface area (Å²) >= 11 is 0. The number of hydrogen-bond acceptors (Lipinski definition) is 7. The van der Waals surface area contributed by atoms with Crippen LogP contribution in [0.15, 0.2) is 53.6 Å². The van der Waals surface area contributed by atoms with Gasteiger partial charge in [0, 0.05) is 12.8 Å². The first-order chi connectivity index (χ1) is 15.1. The molecule has 1 heterocycles. The minimum atomic E-state index is -3.86. The number of nitrogens with one attached hydrogen (secondary N) is 1. The summed E-state index contributed by atoms with van der Waals surface area (Å²) in [4.78, 5) is 29.2. The van der Waals surface area contributed by atoms with Crippen molar-refractivity contribution in [3.05, 3.63) is 59.1 Å². The Balaban J connectivity index is 1.90. The first-order valence-corrected chi connectivity index (χ1v) is 11.9. The molecule has 0 spiro atoms. The molecule has 9 nitrogen and oxygen atoms in total. The average molecular weight is 460 g/mol. The molecule has 10 heteroatoms. The molecule has 0 radical (unpaired) electrons. The van der Waals surface area contributed by atoms with Crippen LogP contribution in [0.3, 0.4) is 0 Å². The third-order valence-electron chi connectivity index (χ3n) is 5.55. The third-order valence-corrected chi connectivity index (χ3v) is 7.58. The maximum atomic E-state index is 12.9. The average Bonchev–Trinajstić information content (AvgIpc) is 2.77. The van der Waals surface area contributed by atoms with Gasteiger partial charge in [-0.05, 0) is 55.7 Å². The molecule has 0 saturated heterocycles. The van der Waals surface area contributed by atoms with Crippen LogP contribution in [0.1, 0.15) is 20.3 Å². The van der Waals surface area contributed by atoms with Gasteiger partial charge in [0.2, 0.25) is 0 Å². The first kappa shape index (κ1) is 23.4. The number of aryl methyl sites for hydroxylation is 1. The molecule has 1 atom stereocenters. The van der Waals surface area contributed by atoms with Gasteiger partial charge in [-0.15, -0.1) is 0 Å². The van der Waals surface area contributed by atoms with Crippen LogP contribution in [0.25, 0.3) is 22.0 Å². The van der Waals surface area contributed by atoms with Crippen molar-refractivity contribution < 1.29 is 23.2 Å². The van der Waals surface area contributed by atoms with Gasteiger partial charge in [-0.25, -0.2) is 18.9 Å².